The normalized spacial score (nSPS) is 10.1. The van der Waals surface area contributed by atoms with Crippen molar-refractivity contribution in [1.82, 2.24) is 5.43 Å². The smallest absolute Gasteiger partial charge is 0.350 e. The molecule has 0 aliphatic carbocycles. The molecule has 2 amide bonds. The summed E-state index contributed by atoms with van der Waals surface area (Å²) in [6.45, 7) is 1.24. The molecule has 0 atom stereocenters. The molecule has 6 N–H and O–H groups in total. The number of aliphatic hydroxyl groups is 1. The first-order valence-electron chi connectivity index (χ1n) is 4.47. The molecule has 0 unspecified atom stereocenters. The summed E-state index contributed by atoms with van der Waals surface area (Å²) in [5, 5.41) is 9.64. The van der Waals surface area contributed by atoms with E-state index in [1.807, 2.05) is 0 Å². The molecule has 0 radical (unpaired) electrons. The van der Waals surface area contributed by atoms with Gasteiger partial charge in [-0.1, -0.05) is 6.07 Å². The van der Waals surface area contributed by atoms with E-state index in [0.29, 0.717) is 10.6 Å². The van der Waals surface area contributed by atoms with Crippen LogP contribution in [0.4, 0.5) is 14.9 Å². The van der Waals surface area contributed by atoms with Crippen LogP contribution in [0.1, 0.15) is 11.1 Å². The molecule has 1 aromatic carbocycles. The number of nitrogens with zero attached hydrogens (tertiary/aromatic N) is 1. The monoisotopic (exact) mass is 228 g/mol. The number of carbonyl (C=O) groups is 1. The predicted molar refractivity (Wildman–Crippen MR) is 56.4 cm³/mol. The third-order valence-corrected chi connectivity index (χ3v) is 2.21. The zero-order valence-electron chi connectivity index (χ0n) is 8.70. The maximum atomic E-state index is 13.5. The molecular formula is C9H13FN4O2. The zero-order valence-corrected chi connectivity index (χ0v) is 8.70. The van der Waals surface area contributed by atoms with E-state index in [1.54, 1.807) is 12.3 Å². The number of aliphatic hydroxyl groups excluding tert-OH is 1. The molecule has 88 valence electrons. The third-order valence-electron chi connectivity index (χ3n) is 2.21. The summed E-state index contributed by atoms with van der Waals surface area (Å²) < 4.78 is 13.5. The van der Waals surface area contributed by atoms with Gasteiger partial charge in [0.25, 0.3) is 0 Å². The summed E-state index contributed by atoms with van der Waals surface area (Å²) >= 11 is 0. The van der Waals surface area contributed by atoms with Crippen LogP contribution in [0.5, 0.6) is 0 Å². The number of amides is 2. The lowest BCUT2D eigenvalue weighted by Crippen LogP contribution is -2.48. The van der Waals surface area contributed by atoms with Gasteiger partial charge in [0.2, 0.25) is 0 Å². The van der Waals surface area contributed by atoms with Crippen LogP contribution in [0.25, 0.3) is 0 Å². The lowest BCUT2D eigenvalue weighted by Gasteiger charge is -2.20. The van der Waals surface area contributed by atoms with Gasteiger partial charge in [0.1, 0.15) is 11.5 Å². The molecular weight excluding hydrogens is 215 g/mol. The van der Waals surface area contributed by atoms with Gasteiger partial charge in [-0.25, -0.2) is 25.9 Å². The second-order valence-electron chi connectivity index (χ2n) is 3.17. The fraction of sp³-hybridized carbons (Fsp3) is 0.222. The van der Waals surface area contributed by atoms with E-state index in [1.165, 1.54) is 6.07 Å². The van der Waals surface area contributed by atoms with Crippen molar-refractivity contribution in [2.75, 3.05) is 5.01 Å². The van der Waals surface area contributed by atoms with Gasteiger partial charge in [-0.3, -0.25) is 5.43 Å². The number of nitrogens with one attached hydrogen (secondary N) is 1. The number of hydrazine groups is 2. The van der Waals surface area contributed by atoms with Crippen molar-refractivity contribution in [2.45, 2.75) is 13.5 Å². The minimum Gasteiger partial charge on any atom is -0.392 e. The lowest BCUT2D eigenvalue weighted by atomic mass is 10.1. The van der Waals surface area contributed by atoms with Gasteiger partial charge in [-0.2, -0.15) is 0 Å². The van der Waals surface area contributed by atoms with Crippen LogP contribution in [0.15, 0.2) is 12.1 Å². The van der Waals surface area contributed by atoms with Crippen LogP contribution in [0.2, 0.25) is 0 Å². The van der Waals surface area contributed by atoms with Gasteiger partial charge in [-0.15, -0.1) is 0 Å². The number of halogens is 1. The van der Waals surface area contributed by atoms with Crippen LogP contribution in [0, 0.1) is 12.7 Å². The molecule has 0 fully saturated rings. The second kappa shape index (κ2) is 4.88. The van der Waals surface area contributed by atoms with Crippen molar-refractivity contribution in [3.05, 3.63) is 29.1 Å². The first-order valence-corrected chi connectivity index (χ1v) is 4.47. The van der Waals surface area contributed by atoms with Crippen LogP contribution < -0.4 is 22.1 Å². The fourth-order valence-electron chi connectivity index (χ4n) is 1.34. The molecule has 6 nitrogen and oxygen atoms in total. The van der Waals surface area contributed by atoms with Gasteiger partial charge >= 0.3 is 6.03 Å². The van der Waals surface area contributed by atoms with Crippen LogP contribution in [-0.2, 0) is 6.61 Å². The minimum atomic E-state index is -0.876. The maximum absolute atomic E-state index is 13.5. The Labute approximate surface area is 91.6 Å². The SMILES string of the molecule is Cc1ccc(F)c(N(N)C(=O)NN)c1CO. The summed E-state index contributed by atoms with van der Waals surface area (Å²) in [4.78, 5) is 11.2. The van der Waals surface area contributed by atoms with Gasteiger partial charge in [-0.05, 0) is 18.6 Å². The number of benzene rings is 1. The predicted octanol–water partition coefficient (Wildman–Crippen LogP) is -0.110. The number of rotatable bonds is 2. The highest BCUT2D eigenvalue weighted by Crippen LogP contribution is 2.25. The molecule has 1 aromatic rings. The first kappa shape index (κ1) is 12.4. The Morgan fingerprint density at radius 1 is 1.62 bits per heavy atom. The fourth-order valence-corrected chi connectivity index (χ4v) is 1.34. The molecule has 1 rings (SSSR count). The van der Waals surface area contributed by atoms with Crippen molar-refractivity contribution in [1.29, 1.82) is 0 Å². The Kier molecular flexibility index (Phi) is 3.78. The molecule has 0 aromatic heterocycles. The second-order valence-corrected chi connectivity index (χ2v) is 3.17. The molecule has 0 aliphatic heterocycles. The third kappa shape index (κ3) is 2.11. The molecule has 7 heteroatoms. The Bertz CT molecular complexity index is 411. The van der Waals surface area contributed by atoms with Gasteiger partial charge in [0.05, 0.1) is 6.61 Å². The van der Waals surface area contributed by atoms with Gasteiger partial charge in [0.15, 0.2) is 0 Å². The Morgan fingerprint density at radius 2 is 2.25 bits per heavy atom. The number of urea groups is 1. The van der Waals surface area contributed by atoms with E-state index in [9.17, 15) is 9.18 Å². The molecule has 16 heavy (non-hydrogen) atoms. The van der Waals surface area contributed by atoms with Crippen molar-refractivity contribution in [2.24, 2.45) is 11.7 Å². The minimum absolute atomic E-state index is 0.189. The van der Waals surface area contributed by atoms with Gasteiger partial charge in [0, 0.05) is 5.56 Å². The lowest BCUT2D eigenvalue weighted by molar-refractivity contribution is 0.246. The Balaban J connectivity index is 3.30. The molecule has 0 saturated heterocycles. The highest BCUT2D eigenvalue weighted by molar-refractivity contribution is 5.91. The molecule has 0 heterocycles. The van der Waals surface area contributed by atoms with Gasteiger partial charge < -0.3 is 5.11 Å². The maximum Gasteiger partial charge on any atom is 0.350 e. The first-order chi connectivity index (χ1) is 7.52. The molecule has 0 bridgehead atoms. The molecule has 0 spiro atoms. The number of nitrogens with two attached hydrogens (primary N) is 2. The topological polar surface area (TPSA) is 105 Å². The number of hydrogen-bond donors (Lipinski definition) is 4. The quantitative estimate of drug-likeness (QED) is 0.322. The van der Waals surface area contributed by atoms with E-state index in [0.717, 1.165) is 6.07 Å². The summed E-state index contributed by atoms with van der Waals surface area (Å²) in [7, 11) is 0. The summed E-state index contributed by atoms with van der Waals surface area (Å²) in [5.41, 5.74) is 2.45. The van der Waals surface area contributed by atoms with E-state index in [2.05, 4.69) is 0 Å². The van der Waals surface area contributed by atoms with Crippen molar-refractivity contribution >= 4 is 11.7 Å². The number of hydrogen-bond acceptors (Lipinski definition) is 4. The standard InChI is InChI=1S/C9H13FN4O2/c1-5-2-3-7(10)8(6(5)4-15)14(12)9(16)13-11/h2-3,15H,4,11-12H2,1H3,(H,13,16). The number of anilines is 1. The largest absolute Gasteiger partial charge is 0.392 e. The molecule has 0 aliphatic rings. The van der Waals surface area contributed by atoms with E-state index < -0.39 is 18.5 Å². The number of aryl methyl sites for hydroxylation is 1. The zero-order chi connectivity index (χ0) is 12.3. The van der Waals surface area contributed by atoms with Crippen LogP contribution in [0.3, 0.4) is 0 Å². The highest BCUT2D eigenvalue weighted by atomic mass is 19.1. The van der Waals surface area contributed by atoms with Crippen molar-refractivity contribution in [3.63, 3.8) is 0 Å². The van der Waals surface area contributed by atoms with E-state index in [-0.39, 0.29) is 11.3 Å². The van der Waals surface area contributed by atoms with Crippen LogP contribution in [-0.4, -0.2) is 11.1 Å². The average Bonchev–Trinajstić information content (AvgIpc) is 2.29. The van der Waals surface area contributed by atoms with Crippen molar-refractivity contribution < 1.29 is 14.3 Å². The van der Waals surface area contributed by atoms with Crippen LogP contribution >= 0.6 is 0 Å². The number of carbonyl (C=O) groups excluding carboxylic acids is 1. The summed E-state index contributed by atoms with van der Waals surface area (Å²) in [6, 6.07) is 1.77. The average molecular weight is 228 g/mol. The Morgan fingerprint density at radius 3 is 2.75 bits per heavy atom. The molecule has 0 saturated carbocycles. The highest BCUT2D eigenvalue weighted by Gasteiger charge is 2.19. The Hall–Kier alpha value is -1.70. The van der Waals surface area contributed by atoms with Crippen molar-refractivity contribution in [3.8, 4) is 0 Å². The summed E-state index contributed by atoms with van der Waals surface area (Å²) in [5.74, 6) is 9.56. The summed E-state index contributed by atoms with van der Waals surface area (Å²) in [6.07, 6.45) is 0. The van der Waals surface area contributed by atoms with E-state index >= 15 is 0 Å². The van der Waals surface area contributed by atoms with E-state index in [4.69, 9.17) is 16.8 Å².